The Morgan fingerprint density at radius 1 is 1.11 bits per heavy atom. The van der Waals surface area contributed by atoms with E-state index in [-0.39, 0.29) is 17.9 Å². The number of fused-ring (bicyclic) bond motifs is 1. The van der Waals surface area contributed by atoms with E-state index in [2.05, 4.69) is 21.6 Å². The minimum Gasteiger partial charge on any atom is -0.326 e. The van der Waals surface area contributed by atoms with Crippen LogP contribution >= 0.6 is 11.3 Å². The van der Waals surface area contributed by atoms with Crippen LogP contribution < -0.4 is 10.6 Å². The van der Waals surface area contributed by atoms with E-state index in [1.807, 2.05) is 18.2 Å². The van der Waals surface area contributed by atoms with Crippen LogP contribution in [0.2, 0.25) is 0 Å². The highest BCUT2D eigenvalue weighted by atomic mass is 32.1. The molecule has 28 heavy (non-hydrogen) atoms. The molecule has 1 aliphatic rings. The molecule has 7 heteroatoms. The first-order valence-electron chi connectivity index (χ1n) is 9.35. The molecule has 3 aromatic rings. The number of likely N-dealkylation sites (tertiary alicyclic amines) is 1. The molecule has 1 aliphatic heterocycles. The Morgan fingerprint density at radius 2 is 1.82 bits per heavy atom. The Hall–Kier alpha value is -2.77. The number of hydrogen-bond donors (Lipinski definition) is 2. The van der Waals surface area contributed by atoms with Crippen LogP contribution in [0.4, 0.5) is 11.4 Å². The summed E-state index contributed by atoms with van der Waals surface area (Å²) in [6.07, 6.45) is 2.10. The minimum absolute atomic E-state index is 0.0414. The van der Waals surface area contributed by atoms with Crippen molar-refractivity contribution in [3.63, 3.8) is 0 Å². The van der Waals surface area contributed by atoms with Gasteiger partial charge in [0.15, 0.2) is 0 Å². The Labute approximate surface area is 167 Å². The number of nitrogens with one attached hydrogen (secondary N) is 2. The molecule has 0 unspecified atom stereocenters. The highest BCUT2D eigenvalue weighted by molar-refractivity contribution is 7.18. The molecule has 1 atom stereocenters. The molecule has 1 fully saturated rings. The number of hydrogen-bond acceptors (Lipinski definition) is 5. The molecule has 2 N–H and O–H groups in total. The van der Waals surface area contributed by atoms with Crippen LogP contribution in [0, 0.1) is 0 Å². The molecule has 6 nitrogen and oxygen atoms in total. The van der Waals surface area contributed by atoms with Crippen molar-refractivity contribution in [2.24, 2.45) is 0 Å². The van der Waals surface area contributed by atoms with Crippen molar-refractivity contribution in [3.8, 4) is 0 Å². The first kappa shape index (κ1) is 18.6. The van der Waals surface area contributed by atoms with Gasteiger partial charge in [-0.05, 0) is 55.8 Å². The molecular weight excluding hydrogens is 372 g/mol. The maximum atomic E-state index is 12.5. The molecule has 0 aliphatic carbocycles. The topological polar surface area (TPSA) is 74.3 Å². The monoisotopic (exact) mass is 394 g/mol. The average molecular weight is 394 g/mol. The van der Waals surface area contributed by atoms with Gasteiger partial charge in [0.1, 0.15) is 5.01 Å². The molecule has 2 heterocycles. The minimum atomic E-state index is -0.119. The summed E-state index contributed by atoms with van der Waals surface area (Å²) in [5, 5.41) is 6.74. The van der Waals surface area contributed by atoms with E-state index in [1.54, 1.807) is 35.6 Å². The zero-order chi connectivity index (χ0) is 19.5. The van der Waals surface area contributed by atoms with Gasteiger partial charge in [-0.2, -0.15) is 0 Å². The van der Waals surface area contributed by atoms with Gasteiger partial charge >= 0.3 is 0 Å². The molecule has 0 spiro atoms. The van der Waals surface area contributed by atoms with Crippen molar-refractivity contribution in [2.45, 2.75) is 25.8 Å². The lowest BCUT2D eigenvalue weighted by molar-refractivity contribution is -0.117. The fourth-order valence-electron chi connectivity index (χ4n) is 3.55. The third-order valence-corrected chi connectivity index (χ3v) is 5.93. The number of rotatable bonds is 5. The van der Waals surface area contributed by atoms with Crippen LogP contribution in [0.3, 0.4) is 0 Å². The summed E-state index contributed by atoms with van der Waals surface area (Å²) in [5.74, 6) is -0.160. The van der Waals surface area contributed by atoms with Gasteiger partial charge in [-0.3, -0.25) is 14.5 Å². The number of aromatic nitrogens is 1. The lowest BCUT2D eigenvalue weighted by atomic mass is 10.2. The third kappa shape index (κ3) is 4.21. The summed E-state index contributed by atoms with van der Waals surface area (Å²) in [5.41, 5.74) is 2.45. The second-order valence-electron chi connectivity index (χ2n) is 6.96. The molecule has 0 saturated carbocycles. The van der Waals surface area contributed by atoms with Crippen molar-refractivity contribution in [2.75, 3.05) is 23.7 Å². The number of carbonyl (C=O) groups is 2. The van der Waals surface area contributed by atoms with Crippen LogP contribution in [0.15, 0.2) is 48.5 Å². The fraction of sp³-hybridized carbons (Fsp3) is 0.286. The Morgan fingerprint density at radius 3 is 2.54 bits per heavy atom. The van der Waals surface area contributed by atoms with E-state index in [9.17, 15) is 9.59 Å². The number of thiazole rings is 1. The predicted octanol–water partition coefficient (Wildman–Crippen LogP) is 4.03. The van der Waals surface area contributed by atoms with E-state index in [1.165, 1.54) is 11.6 Å². The fourth-order valence-corrected chi connectivity index (χ4v) is 4.69. The van der Waals surface area contributed by atoms with Crippen molar-refractivity contribution in [1.82, 2.24) is 9.88 Å². The maximum Gasteiger partial charge on any atom is 0.238 e. The third-order valence-electron chi connectivity index (χ3n) is 4.79. The average Bonchev–Trinajstić information content (AvgIpc) is 3.29. The van der Waals surface area contributed by atoms with Crippen molar-refractivity contribution >= 4 is 44.7 Å². The second kappa shape index (κ2) is 8.08. The van der Waals surface area contributed by atoms with Gasteiger partial charge in [0.25, 0.3) is 0 Å². The van der Waals surface area contributed by atoms with E-state index in [0.717, 1.165) is 35.6 Å². The summed E-state index contributed by atoms with van der Waals surface area (Å²) in [6.45, 7) is 2.71. The first-order chi connectivity index (χ1) is 13.6. The van der Waals surface area contributed by atoms with Gasteiger partial charge in [-0.15, -0.1) is 11.3 Å². The number of amides is 2. The molecule has 2 aromatic carbocycles. The molecule has 4 rings (SSSR count). The number of carbonyl (C=O) groups excluding carboxylic acids is 2. The molecule has 144 valence electrons. The molecule has 2 amide bonds. The summed E-state index contributed by atoms with van der Waals surface area (Å²) in [7, 11) is 0. The largest absolute Gasteiger partial charge is 0.326 e. The Bertz CT molecular complexity index is 966. The normalized spacial score (nSPS) is 17.0. The SMILES string of the molecule is CC(=O)Nc1ccc(NC(=O)CN2CCC[C@H]2c2nc3ccccc3s2)cc1. The van der Waals surface area contributed by atoms with Gasteiger partial charge < -0.3 is 10.6 Å². The smallest absolute Gasteiger partial charge is 0.238 e. The highest BCUT2D eigenvalue weighted by Crippen LogP contribution is 2.36. The van der Waals surface area contributed by atoms with Gasteiger partial charge in [-0.25, -0.2) is 4.98 Å². The maximum absolute atomic E-state index is 12.5. The van der Waals surface area contributed by atoms with E-state index < -0.39 is 0 Å². The van der Waals surface area contributed by atoms with Crippen LogP contribution in [-0.4, -0.2) is 34.8 Å². The summed E-state index contributed by atoms with van der Waals surface area (Å²) in [4.78, 5) is 30.6. The lowest BCUT2D eigenvalue weighted by Gasteiger charge is -2.22. The molecule has 1 saturated heterocycles. The molecule has 0 bridgehead atoms. The second-order valence-corrected chi connectivity index (χ2v) is 8.02. The zero-order valence-corrected chi connectivity index (χ0v) is 16.5. The summed E-state index contributed by atoms with van der Waals surface area (Å²) < 4.78 is 1.19. The lowest BCUT2D eigenvalue weighted by Crippen LogP contribution is -2.32. The number of para-hydroxylation sites is 1. The van der Waals surface area contributed by atoms with Crippen LogP contribution in [0.5, 0.6) is 0 Å². The van der Waals surface area contributed by atoms with E-state index >= 15 is 0 Å². The van der Waals surface area contributed by atoms with Gasteiger partial charge in [0.05, 0.1) is 22.8 Å². The first-order valence-corrected chi connectivity index (χ1v) is 10.2. The summed E-state index contributed by atoms with van der Waals surface area (Å²) in [6, 6.07) is 15.5. The van der Waals surface area contributed by atoms with Gasteiger partial charge in [-0.1, -0.05) is 12.1 Å². The quantitative estimate of drug-likeness (QED) is 0.685. The standard InChI is InChI=1S/C21H22N4O2S/c1-14(26)22-15-8-10-16(11-9-15)23-20(27)13-25-12-4-6-18(25)21-24-17-5-2-3-7-19(17)28-21/h2-3,5,7-11,18H,4,6,12-13H2,1H3,(H,22,26)(H,23,27)/t18-/m0/s1. The molecular formula is C21H22N4O2S. The van der Waals surface area contributed by atoms with Crippen molar-refractivity contribution < 1.29 is 9.59 Å². The number of benzene rings is 2. The highest BCUT2D eigenvalue weighted by Gasteiger charge is 2.30. The van der Waals surface area contributed by atoms with Crippen LogP contribution in [0.25, 0.3) is 10.2 Å². The zero-order valence-electron chi connectivity index (χ0n) is 15.6. The molecule has 0 radical (unpaired) electrons. The van der Waals surface area contributed by atoms with Gasteiger partial charge in [0, 0.05) is 18.3 Å². The van der Waals surface area contributed by atoms with Gasteiger partial charge in [0.2, 0.25) is 11.8 Å². The molecule has 1 aromatic heterocycles. The van der Waals surface area contributed by atoms with E-state index in [4.69, 9.17) is 4.98 Å². The van der Waals surface area contributed by atoms with Crippen molar-refractivity contribution in [1.29, 1.82) is 0 Å². The predicted molar refractivity (Wildman–Crippen MR) is 113 cm³/mol. The Kier molecular flexibility index (Phi) is 5.36. The Balaban J connectivity index is 1.40. The number of nitrogens with zero attached hydrogens (tertiary/aromatic N) is 2. The van der Waals surface area contributed by atoms with Crippen LogP contribution in [-0.2, 0) is 9.59 Å². The van der Waals surface area contributed by atoms with Crippen LogP contribution in [0.1, 0.15) is 30.8 Å². The number of anilines is 2. The van der Waals surface area contributed by atoms with E-state index in [0.29, 0.717) is 12.2 Å². The summed E-state index contributed by atoms with van der Waals surface area (Å²) >= 11 is 1.72. The van der Waals surface area contributed by atoms with Crippen molar-refractivity contribution in [3.05, 3.63) is 53.5 Å².